The van der Waals surface area contributed by atoms with Gasteiger partial charge in [0.1, 0.15) is 5.82 Å². The number of hydrogen-bond acceptors (Lipinski definition) is 4. The molecule has 0 spiro atoms. The second kappa shape index (κ2) is 9.68. The van der Waals surface area contributed by atoms with E-state index in [-0.39, 0.29) is 5.91 Å². The maximum absolute atomic E-state index is 12.8. The van der Waals surface area contributed by atoms with Crippen LogP contribution in [0.15, 0.2) is 96.0 Å². The number of aromatic nitrogens is 1. The minimum atomic E-state index is -0.392. The van der Waals surface area contributed by atoms with Crippen molar-refractivity contribution in [2.24, 2.45) is 0 Å². The summed E-state index contributed by atoms with van der Waals surface area (Å²) in [4.78, 5) is 30.5. The Hall–Kier alpha value is -3.61. The molecule has 32 heavy (non-hydrogen) atoms. The molecule has 0 aliphatic rings. The third-order valence-electron chi connectivity index (χ3n) is 4.75. The van der Waals surface area contributed by atoms with Gasteiger partial charge in [-0.25, -0.2) is 4.98 Å². The summed E-state index contributed by atoms with van der Waals surface area (Å²) < 4.78 is 0. The van der Waals surface area contributed by atoms with Gasteiger partial charge < -0.3 is 10.6 Å². The van der Waals surface area contributed by atoms with Crippen molar-refractivity contribution in [1.29, 1.82) is 0 Å². The highest BCUT2D eigenvalue weighted by atomic mass is 35.5. The van der Waals surface area contributed by atoms with Gasteiger partial charge in [-0.05, 0) is 53.6 Å². The van der Waals surface area contributed by atoms with Gasteiger partial charge in [0.25, 0.3) is 11.8 Å². The van der Waals surface area contributed by atoms with E-state index in [2.05, 4.69) is 28.2 Å². The minimum Gasteiger partial charge on any atom is -0.321 e. The Labute approximate surface area is 195 Å². The standard InChI is InChI=1S/C25H18ClN3O2S/c26-18-13-14-23(27-15-18)29-25(31)20-6-1-3-7-21(20)28-24(30)17-11-9-16(10-12-17)19-5-2-4-8-22(19)32/h1-15,32H,(H,28,30)(H,27,29,31). The van der Waals surface area contributed by atoms with Crippen LogP contribution in [0.4, 0.5) is 11.5 Å². The normalized spacial score (nSPS) is 10.4. The molecule has 158 valence electrons. The number of rotatable bonds is 5. The molecule has 7 heteroatoms. The molecule has 0 radical (unpaired) electrons. The summed E-state index contributed by atoms with van der Waals surface area (Å²) in [5.74, 6) is -0.349. The SMILES string of the molecule is O=C(Nc1ccccc1C(=O)Nc1ccc(Cl)cn1)c1ccc(-c2ccccc2S)cc1. The first kappa shape index (κ1) is 21.6. The first-order valence-corrected chi connectivity index (χ1v) is 10.6. The zero-order chi connectivity index (χ0) is 22.5. The lowest BCUT2D eigenvalue weighted by Crippen LogP contribution is -2.18. The molecular weight excluding hydrogens is 442 g/mol. The van der Waals surface area contributed by atoms with Crippen molar-refractivity contribution in [3.8, 4) is 11.1 Å². The molecule has 2 amide bonds. The topological polar surface area (TPSA) is 71.1 Å². The Balaban J connectivity index is 1.51. The van der Waals surface area contributed by atoms with Gasteiger partial charge in [-0.2, -0.15) is 0 Å². The fourth-order valence-electron chi connectivity index (χ4n) is 3.14. The Morgan fingerprint density at radius 1 is 0.781 bits per heavy atom. The second-order valence-electron chi connectivity index (χ2n) is 6.91. The summed E-state index contributed by atoms with van der Waals surface area (Å²) in [6.07, 6.45) is 1.45. The predicted octanol–water partition coefficient (Wildman–Crippen LogP) is 6.20. The number of nitrogens with zero attached hydrogens (tertiary/aromatic N) is 1. The summed E-state index contributed by atoms with van der Waals surface area (Å²) >= 11 is 10.3. The molecule has 5 nitrogen and oxygen atoms in total. The fraction of sp³-hybridized carbons (Fsp3) is 0. The van der Waals surface area contributed by atoms with Gasteiger partial charge in [0.15, 0.2) is 0 Å². The number of benzene rings is 3. The van der Waals surface area contributed by atoms with Gasteiger partial charge in [0.2, 0.25) is 0 Å². The highest BCUT2D eigenvalue weighted by molar-refractivity contribution is 7.80. The molecule has 0 aliphatic carbocycles. The van der Waals surface area contributed by atoms with E-state index in [0.29, 0.717) is 27.7 Å². The maximum Gasteiger partial charge on any atom is 0.258 e. The second-order valence-corrected chi connectivity index (χ2v) is 7.83. The number of amides is 2. The number of carbonyl (C=O) groups excluding carboxylic acids is 2. The highest BCUT2D eigenvalue weighted by Gasteiger charge is 2.15. The van der Waals surface area contributed by atoms with E-state index < -0.39 is 5.91 Å². The fourth-order valence-corrected chi connectivity index (χ4v) is 3.54. The van der Waals surface area contributed by atoms with Crippen LogP contribution < -0.4 is 10.6 Å². The molecule has 0 aliphatic heterocycles. The summed E-state index contributed by atoms with van der Waals surface area (Å²) in [6.45, 7) is 0. The van der Waals surface area contributed by atoms with Crippen molar-refractivity contribution < 1.29 is 9.59 Å². The van der Waals surface area contributed by atoms with Crippen molar-refractivity contribution in [2.45, 2.75) is 4.90 Å². The average Bonchev–Trinajstić information content (AvgIpc) is 2.81. The molecule has 2 N–H and O–H groups in total. The van der Waals surface area contributed by atoms with Crippen LogP contribution in [0.5, 0.6) is 0 Å². The van der Waals surface area contributed by atoms with Crippen molar-refractivity contribution >= 4 is 47.5 Å². The quantitative estimate of drug-likeness (QED) is 0.311. The number of halogens is 1. The van der Waals surface area contributed by atoms with E-state index in [4.69, 9.17) is 11.6 Å². The van der Waals surface area contributed by atoms with Gasteiger partial charge in [-0.3, -0.25) is 9.59 Å². The molecule has 0 unspecified atom stereocenters. The van der Waals surface area contributed by atoms with Gasteiger partial charge >= 0.3 is 0 Å². The van der Waals surface area contributed by atoms with Crippen LogP contribution in [-0.2, 0) is 0 Å². The van der Waals surface area contributed by atoms with E-state index in [1.807, 2.05) is 36.4 Å². The smallest absolute Gasteiger partial charge is 0.258 e. The first-order valence-electron chi connectivity index (χ1n) is 9.73. The van der Waals surface area contributed by atoms with E-state index in [1.165, 1.54) is 6.20 Å². The van der Waals surface area contributed by atoms with Gasteiger partial charge in [0, 0.05) is 16.7 Å². The zero-order valence-corrected chi connectivity index (χ0v) is 18.4. The molecule has 3 aromatic carbocycles. The van der Waals surface area contributed by atoms with Crippen molar-refractivity contribution in [3.63, 3.8) is 0 Å². The highest BCUT2D eigenvalue weighted by Crippen LogP contribution is 2.26. The predicted molar refractivity (Wildman–Crippen MR) is 131 cm³/mol. The molecule has 0 saturated carbocycles. The van der Waals surface area contributed by atoms with E-state index in [1.54, 1.807) is 48.5 Å². The average molecular weight is 460 g/mol. The van der Waals surface area contributed by atoms with Crippen molar-refractivity contribution in [3.05, 3.63) is 107 Å². The van der Waals surface area contributed by atoms with Gasteiger partial charge in [-0.15, -0.1) is 12.6 Å². The Bertz CT molecular complexity index is 1280. The molecule has 1 heterocycles. The van der Waals surface area contributed by atoms with E-state index in [0.717, 1.165) is 16.0 Å². The molecule has 0 fully saturated rings. The van der Waals surface area contributed by atoms with Crippen LogP contribution in [0.2, 0.25) is 5.02 Å². The molecular formula is C25H18ClN3O2S. The molecule has 1 aromatic heterocycles. The maximum atomic E-state index is 12.8. The number of hydrogen-bond donors (Lipinski definition) is 3. The lowest BCUT2D eigenvalue weighted by molar-refractivity contribution is 0.102. The number of pyridine rings is 1. The summed E-state index contributed by atoms with van der Waals surface area (Å²) in [5.41, 5.74) is 3.13. The van der Waals surface area contributed by atoms with Crippen LogP contribution in [0.1, 0.15) is 20.7 Å². The van der Waals surface area contributed by atoms with Crippen LogP contribution in [0.25, 0.3) is 11.1 Å². The molecule has 4 aromatic rings. The van der Waals surface area contributed by atoms with Crippen molar-refractivity contribution in [1.82, 2.24) is 4.98 Å². The summed E-state index contributed by atoms with van der Waals surface area (Å²) in [7, 11) is 0. The molecule has 4 rings (SSSR count). The molecule has 0 saturated heterocycles. The Morgan fingerprint density at radius 3 is 2.22 bits per heavy atom. The lowest BCUT2D eigenvalue weighted by Gasteiger charge is -2.12. The molecule has 0 atom stereocenters. The zero-order valence-electron chi connectivity index (χ0n) is 16.7. The van der Waals surface area contributed by atoms with Crippen LogP contribution >= 0.6 is 24.2 Å². The summed E-state index contributed by atoms with van der Waals surface area (Å²) in [5, 5.41) is 5.99. The van der Waals surface area contributed by atoms with Crippen LogP contribution in [-0.4, -0.2) is 16.8 Å². The third kappa shape index (κ3) is 4.99. The monoisotopic (exact) mass is 459 g/mol. The largest absolute Gasteiger partial charge is 0.321 e. The van der Waals surface area contributed by atoms with Crippen LogP contribution in [0.3, 0.4) is 0 Å². The number of nitrogens with one attached hydrogen (secondary N) is 2. The minimum absolute atomic E-state index is 0.318. The lowest BCUT2D eigenvalue weighted by atomic mass is 10.0. The number of para-hydroxylation sites is 1. The number of carbonyl (C=O) groups is 2. The Kier molecular flexibility index (Phi) is 6.54. The third-order valence-corrected chi connectivity index (χ3v) is 5.36. The van der Waals surface area contributed by atoms with Gasteiger partial charge in [-0.1, -0.05) is 54.1 Å². The van der Waals surface area contributed by atoms with E-state index in [9.17, 15) is 9.59 Å². The number of anilines is 2. The first-order chi connectivity index (χ1) is 15.5. The molecule has 0 bridgehead atoms. The number of thiol groups is 1. The van der Waals surface area contributed by atoms with Crippen molar-refractivity contribution in [2.75, 3.05) is 10.6 Å². The van der Waals surface area contributed by atoms with Crippen LogP contribution in [0, 0.1) is 0 Å². The van der Waals surface area contributed by atoms with Gasteiger partial charge in [0.05, 0.1) is 16.3 Å². The van der Waals surface area contributed by atoms with E-state index >= 15 is 0 Å². The Morgan fingerprint density at radius 2 is 1.50 bits per heavy atom. The summed E-state index contributed by atoms with van der Waals surface area (Å²) in [6, 6.07) is 25.0.